The van der Waals surface area contributed by atoms with Gasteiger partial charge >= 0.3 is 0 Å². The molecular weight excluding hydrogens is 637 g/mol. The highest BCUT2D eigenvalue weighted by molar-refractivity contribution is 5.86. The maximum atomic E-state index is 4.38. The molecule has 0 amide bonds. The van der Waals surface area contributed by atoms with Crippen LogP contribution in [-0.2, 0) is 44.3 Å². The zero-order valence-electron chi connectivity index (χ0n) is 36.7. The molecule has 4 aromatic rings. The first-order chi connectivity index (χ1) is 24.1. The summed E-state index contributed by atoms with van der Waals surface area (Å²) >= 11 is 0. The highest BCUT2D eigenvalue weighted by atomic mass is 14.5. The first-order valence-electron chi connectivity index (χ1n) is 20.4. The fraction of sp³-hybridized carbons (Fsp3) is 0.509. The van der Waals surface area contributed by atoms with E-state index in [9.17, 15) is 0 Å². The van der Waals surface area contributed by atoms with E-state index in [2.05, 4.69) is 191 Å². The minimum absolute atomic E-state index is 0.0311. The van der Waals surface area contributed by atoms with Crippen LogP contribution in [0.3, 0.4) is 0 Å². The van der Waals surface area contributed by atoms with E-state index in [4.69, 9.17) is 0 Å². The Hall–Kier alpha value is -3.38. The van der Waals surface area contributed by atoms with E-state index >= 15 is 0 Å². The van der Waals surface area contributed by atoms with Crippen LogP contribution in [0.2, 0.25) is 0 Å². The van der Waals surface area contributed by atoms with Gasteiger partial charge in [-0.25, -0.2) is 0 Å². The predicted molar refractivity (Wildman–Crippen MR) is 233 cm³/mol. The van der Waals surface area contributed by atoms with Crippen molar-refractivity contribution in [2.45, 2.75) is 175 Å². The molecule has 6 rings (SSSR count). The monoisotopic (exact) mass is 707 g/mol. The Morgan fingerprint density at radius 1 is 0.491 bits per heavy atom. The second-order valence-corrected chi connectivity index (χ2v) is 22.3. The summed E-state index contributed by atoms with van der Waals surface area (Å²) in [6, 6.07) is 25.0. The molecular formula is C53H70. The summed E-state index contributed by atoms with van der Waals surface area (Å²) in [7, 11) is 0. The van der Waals surface area contributed by atoms with E-state index in [0.717, 1.165) is 19.3 Å². The number of aryl methyl sites for hydroxylation is 1. The number of allylic oxidation sites excluding steroid dienone is 1. The SMILES string of the molecule is C=CCC(C)(CCc1cc(C(C)(C)C)cc2c1-c1ccc(C(C)(C)C)cc1C2(C)C)c1cc(C(C)(C)C)cc2c1-c1ccc(C(C)(C)C)cc1C2(C)C. The van der Waals surface area contributed by atoms with Crippen molar-refractivity contribution in [1.82, 2.24) is 0 Å². The van der Waals surface area contributed by atoms with Gasteiger partial charge in [0.1, 0.15) is 0 Å². The van der Waals surface area contributed by atoms with Crippen LogP contribution in [0.1, 0.15) is 186 Å². The average molecular weight is 707 g/mol. The Morgan fingerprint density at radius 3 is 1.32 bits per heavy atom. The van der Waals surface area contributed by atoms with Crippen molar-refractivity contribution in [1.29, 1.82) is 0 Å². The van der Waals surface area contributed by atoms with Crippen LogP contribution in [0.4, 0.5) is 0 Å². The fourth-order valence-corrected chi connectivity index (χ4v) is 9.34. The van der Waals surface area contributed by atoms with E-state index in [1.165, 1.54) is 77.9 Å². The smallest absolute Gasteiger partial charge is 0.0159 e. The first kappa shape index (κ1) is 39.3. The summed E-state index contributed by atoms with van der Waals surface area (Å²) in [6.07, 6.45) is 5.18. The Kier molecular flexibility index (Phi) is 9.14. The third-order valence-corrected chi connectivity index (χ3v) is 13.3. The van der Waals surface area contributed by atoms with Crippen LogP contribution in [0, 0.1) is 0 Å². The first-order valence-corrected chi connectivity index (χ1v) is 20.4. The number of rotatable bonds is 6. The van der Waals surface area contributed by atoms with Gasteiger partial charge in [0.25, 0.3) is 0 Å². The van der Waals surface area contributed by atoms with Gasteiger partial charge < -0.3 is 0 Å². The maximum Gasteiger partial charge on any atom is 0.0159 e. The lowest BCUT2D eigenvalue weighted by Crippen LogP contribution is -2.26. The van der Waals surface area contributed by atoms with Gasteiger partial charge in [-0.3, -0.25) is 0 Å². The normalized spacial score (nSPS) is 17.2. The van der Waals surface area contributed by atoms with E-state index in [-0.39, 0.29) is 37.9 Å². The van der Waals surface area contributed by atoms with Gasteiger partial charge in [-0.2, -0.15) is 0 Å². The highest BCUT2D eigenvalue weighted by Crippen LogP contribution is 2.56. The van der Waals surface area contributed by atoms with Crippen LogP contribution in [-0.4, -0.2) is 0 Å². The van der Waals surface area contributed by atoms with E-state index in [1.807, 2.05) is 0 Å². The zero-order chi connectivity index (χ0) is 39.5. The van der Waals surface area contributed by atoms with Crippen molar-refractivity contribution in [2.75, 3.05) is 0 Å². The minimum Gasteiger partial charge on any atom is -0.103 e. The third kappa shape index (κ3) is 6.59. The molecule has 0 N–H and O–H groups in total. The number of benzene rings is 4. The Balaban J connectivity index is 1.56. The number of fused-ring (bicyclic) bond motifs is 6. The summed E-state index contributed by atoms with van der Waals surface area (Å²) in [5.41, 5.74) is 20.5. The summed E-state index contributed by atoms with van der Waals surface area (Å²) < 4.78 is 0. The van der Waals surface area contributed by atoms with Gasteiger partial charge in [-0.05, 0) is 124 Å². The molecule has 0 heteroatoms. The standard InChI is InChI=1S/C53H70/c1-19-25-53(18,44-32-37(50(11,12)13)31-43-46(44)39-23-21-35(48(5,6)7)29-41(39)52(43,16)17)26-24-33-27-36(49(8,9)10)30-42-45(33)38-22-20-34(47(2,3)4)28-40(38)51(42,14)15/h19-23,27-32H,1,24-26H2,2-18H3. The van der Waals surface area contributed by atoms with Crippen molar-refractivity contribution in [3.63, 3.8) is 0 Å². The predicted octanol–water partition coefficient (Wildman–Crippen LogP) is 15.0. The molecule has 1 unspecified atom stereocenters. The van der Waals surface area contributed by atoms with Crippen molar-refractivity contribution in [3.05, 3.63) is 129 Å². The molecule has 4 aromatic carbocycles. The van der Waals surface area contributed by atoms with Gasteiger partial charge in [0.15, 0.2) is 0 Å². The van der Waals surface area contributed by atoms with Gasteiger partial charge in [-0.1, -0.05) is 184 Å². The topological polar surface area (TPSA) is 0 Å². The van der Waals surface area contributed by atoms with Crippen molar-refractivity contribution in [3.8, 4) is 22.3 Å². The van der Waals surface area contributed by atoms with Gasteiger partial charge in [0.05, 0.1) is 0 Å². The van der Waals surface area contributed by atoms with Crippen LogP contribution in [0.5, 0.6) is 0 Å². The van der Waals surface area contributed by atoms with Crippen LogP contribution in [0.15, 0.2) is 73.3 Å². The van der Waals surface area contributed by atoms with Crippen LogP contribution < -0.4 is 0 Å². The molecule has 0 bridgehead atoms. The fourth-order valence-electron chi connectivity index (χ4n) is 9.34. The molecule has 0 nitrogen and oxygen atoms in total. The van der Waals surface area contributed by atoms with E-state index in [1.54, 1.807) is 0 Å². The van der Waals surface area contributed by atoms with Crippen molar-refractivity contribution in [2.24, 2.45) is 0 Å². The Labute approximate surface area is 324 Å². The summed E-state index contributed by atoms with van der Waals surface area (Å²) in [5.74, 6) is 0. The molecule has 0 saturated carbocycles. The largest absolute Gasteiger partial charge is 0.103 e. The van der Waals surface area contributed by atoms with Crippen molar-refractivity contribution >= 4 is 0 Å². The molecule has 0 spiro atoms. The van der Waals surface area contributed by atoms with Gasteiger partial charge in [-0.15, -0.1) is 6.58 Å². The van der Waals surface area contributed by atoms with Crippen LogP contribution in [0.25, 0.3) is 22.3 Å². The van der Waals surface area contributed by atoms with Crippen molar-refractivity contribution < 1.29 is 0 Å². The molecule has 0 radical (unpaired) electrons. The van der Waals surface area contributed by atoms with Crippen LogP contribution >= 0.6 is 0 Å². The summed E-state index contributed by atoms with van der Waals surface area (Å²) in [6.45, 7) is 45.0. The van der Waals surface area contributed by atoms with Gasteiger partial charge in [0.2, 0.25) is 0 Å². The summed E-state index contributed by atoms with van der Waals surface area (Å²) in [4.78, 5) is 0. The second kappa shape index (κ2) is 12.3. The third-order valence-electron chi connectivity index (χ3n) is 13.3. The highest BCUT2D eigenvalue weighted by Gasteiger charge is 2.43. The molecule has 2 aliphatic rings. The lowest BCUT2D eigenvalue weighted by molar-refractivity contribution is 0.438. The molecule has 0 heterocycles. The van der Waals surface area contributed by atoms with E-state index in [0.29, 0.717) is 0 Å². The maximum absolute atomic E-state index is 4.38. The lowest BCUT2D eigenvalue weighted by Gasteiger charge is -2.35. The molecule has 2 aliphatic carbocycles. The second-order valence-electron chi connectivity index (χ2n) is 22.3. The van der Waals surface area contributed by atoms with Gasteiger partial charge in [0, 0.05) is 10.8 Å². The van der Waals surface area contributed by atoms with E-state index < -0.39 is 0 Å². The average Bonchev–Trinajstić information content (AvgIpc) is 3.40. The Bertz CT molecular complexity index is 2100. The molecule has 0 fully saturated rings. The number of hydrogen-bond donors (Lipinski definition) is 0. The minimum atomic E-state index is -0.106. The molecule has 0 saturated heterocycles. The molecule has 0 aromatic heterocycles. The lowest BCUT2D eigenvalue weighted by atomic mass is 9.69. The number of hydrogen-bond acceptors (Lipinski definition) is 0. The summed E-state index contributed by atoms with van der Waals surface area (Å²) in [5, 5.41) is 0. The molecule has 53 heavy (non-hydrogen) atoms. The Morgan fingerprint density at radius 2 is 0.887 bits per heavy atom. The molecule has 282 valence electrons. The quantitative estimate of drug-likeness (QED) is 0.175. The molecule has 0 aliphatic heterocycles. The molecule has 1 atom stereocenters. The zero-order valence-corrected chi connectivity index (χ0v) is 36.7.